The highest BCUT2D eigenvalue weighted by Gasteiger charge is 2.22. The number of carbonyl (C=O) groups is 1. The number of amides is 1. The van der Waals surface area contributed by atoms with Crippen LogP contribution in [0.5, 0.6) is 5.88 Å². The molecule has 0 saturated heterocycles. The van der Waals surface area contributed by atoms with Crippen molar-refractivity contribution in [2.24, 2.45) is 0 Å². The average molecular weight is 204 g/mol. The van der Waals surface area contributed by atoms with E-state index in [0.29, 0.717) is 12.4 Å². The maximum Gasteiger partial charge on any atom is 0.417 e. The number of hydrogen-bond donors (Lipinski definition) is 0. The van der Waals surface area contributed by atoms with Crippen molar-refractivity contribution in [1.82, 2.24) is 9.88 Å². The molecule has 0 fully saturated rings. The van der Waals surface area contributed by atoms with Crippen molar-refractivity contribution < 1.29 is 9.53 Å². The Morgan fingerprint density at radius 3 is 3.07 bits per heavy atom. The van der Waals surface area contributed by atoms with Crippen molar-refractivity contribution in [3.63, 3.8) is 0 Å². The van der Waals surface area contributed by atoms with Gasteiger partial charge in [0.1, 0.15) is 0 Å². The van der Waals surface area contributed by atoms with Gasteiger partial charge in [0.2, 0.25) is 5.88 Å². The monoisotopic (exact) mass is 204 g/mol. The summed E-state index contributed by atoms with van der Waals surface area (Å²) in [5.41, 5.74) is 0. The number of rotatable bonds is 1. The Kier molecular flexibility index (Phi) is 2.67. The Morgan fingerprint density at radius 1 is 1.60 bits per heavy atom. The van der Waals surface area contributed by atoms with E-state index in [1.165, 1.54) is 0 Å². The maximum atomic E-state index is 11.6. The van der Waals surface area contributed by atoms with Crippen LogP contribution in [0.2, 0.25) is 0 Å². The Morgan fingerprint density at radius 2 is 2.47 bits per heavy atom. The predicted molar refractivity (Wildman–Crippen MR) is 55.6 cm³/mol. The van der Waals surface area contributed by atoms with Gasteiger partial charge in [0.15, 0.2) is 0 Å². The molecule has 2 heterocycles. The molecule has 0 radical (unpaired) electrons. The fourth-order valence-electron chi connectivity index (χ4n) is 1.44. The summed E-state index contributed by atoms with van der Waals surface area (Å²) < 4.78 is 5.10. The van der Waals surface area contributed by atoms with Crippen LogP contribution in [0.4, 0.5) is 4.79 Å². The third-order valence-electron chi connectivity index (χ3n) is 2.27. The summed E-state index contributed by atoms with van der Waals surface area (Å²) in [5.74, 6) is 0.335. The molecule has 1 amide bonds. The van der Waals surface area contributed by atoms with Crippen LogP contribution in [0.1, 0.15) is 6.92 Å². The summed E-state index contributed by atoms with van der Waals surface area (Å²) in [6, 6.07) is 5.31. The molecule has 1 aliphatic heterocycles. The molecule has 1 atom stereocenters. The second-order valence-electron chi connectivity index (χ2n) is 3.36. The van der Waals surface area contributed by atoms with Crippen LogP contribution in [0, 0.1) is 0 Å². The van der Waals surface area contributed by atoms with Crippen molar-refractivity contribution >= 4 is 6.09 Å². The van der Waals surface area contributed by atoms with E-state index in [-0.39, 0.29) is 12.1 Å². The molecule has 1 aliphatic rings. The van der Waals surface area contributed by atoms with Crippen molar-refractivity contribution in [2.75, 3.05) is 6.54 Å². The molecule has 0 saturated carbocycles. The van der Waals surface area contributed by atoms with Gasteiger partial charge in [0, 0.05) is 18.8 Å². The van der Waals surface area contributed by atoms with Crippen LogP contribution in [-0.4, -0.2) is 28.6 Å². The first-order valence-corrected chi connectivity index (χ1v) is 4.83. The molecule has 4 heteroatoms. The van der Waals surface area contributed by atoms with Gasteiger partial charge in [-0.3, -0.25) is 4.90 Å². The van der Waals surface area contributed by atoms with E-state index in [9.17, 15) is 4.79 Å². The normalized spacial score (nSPS) is 19.3. The highest BCUT2D eigenvalue weighted by Crippen LogP contribution is 2.12. The SMILES string of the molecule is CC1C=CCN1C(=O)Oc1ccccn1. The Labute approximate surface area is 88.2 Å². The van der Waals surface area contributed by atoms with Gasteiger partial charge in [0.05, 0.1) is 6.04 Å². The molecule has 1 unspecified atom stereocenters. The lowest BCUT2D eigenvalue weighted by atomic mass is 10.3. The van der Waals surface area contributed by atoms with E-state index in [2.05, 4.69) is 4.98 Å². The van der Waals surface area contributed by atoms with Gasteiger partial charge in [-0.2, -0.15) is 0 Å². The van der Waals surface area contributed by atoms with Gasteiger partial charge < -0.3 is 4.74 Å². The minimum absolute atomic E-state index is 0.0983. The molecule has 0 spiro atoms. The van der Waals surface area contributed by atoms with E-state index in [4.69, 9.17) is 4.74 Å². The molecule has 1 aromatic rings. The minimum atomic E-state index is -0.355. The third-order valence-corrected chi connectivity index (χ3v) is 2.27. The predicted octanol–water partition coefficient (Wildman–Crippen LogP) is 1.84. The second-order valence-corrected chi connectivity index (χ2v) is 3.36. The molecule has 4 nitrogen and oxygen atoms in total. The average Bonchev–Trinajstić information content (AvgIpc) is 2.66. The van der Waals surface area contributed by atoms with Crippen LogP contribution >= 0.6 is 0 Å². The fraction of sp³-hybridized carbons (Fsp3) is 0.273. The van der Waals surface area contributed by atoms with E-state index in [1.54, 1.807) is 29.3 Å². The molecular formula is C11H12N2O2. The second kappa shape index (κ2) is 4.13. The zero-order chi connectivity index (χ0) is 10.7. The summed E-state index contributed by atoms with van der Waals surface area (Å²) >= 11 is 0. The zero-order valence-corrected chi connectivity index (χ0v) is 8.46. The van der Waals surface area contributed by atoms with Gasteiger partial charge in [-0.15, -0.1) is 0 Å². The smallest absolute Gasteiger partial charge is 0.391 e. The molecule has 0 aliphatic carbocycles. The molecule has 0 bridgehead atoms. The zero-order valence-electron chi connectivity index (χ0n) is 8.46. The van der Waals surface area contributed by atoms with Crippen LogP contribution in [0.25, 0.3) is 0 Å². The van der Waals surface area contributed by atoms with Crippen LogP contribution in [0.15, 0.2) is 36.5 Å². The number of carbonyl (C=O) groups excluding carboxylic acids is 1. The summed E-state index contributed by atoms with van der Waals surface area (Å²) in [6.07, 6.45) is 5.16. The molecule has 2 rings (SSSR count). The van der Waals surface area contributed by atoms with Crippen LogP contribution in [-0.2, 0) is 0 Å². The Balaban J connectivity index is 1.99. The minimum Gasteiger partial charge on any atom is -0.391 e. The van der Waals surface area contributed by atoms with Gasteiger partial charge >= 0.3 is 6.09 Å². The highest BCUT2D eigenvalue weighted by molar-refractivity contribution is 5.71. The summed E-state index contributed by atoms with van der Waals surface area (Å²) in [6.45, 7) is 2.55. The summed E-state index contributed by atoms with van der Waals surface area (Å²) in [5, 5.41) is 0. The van der Waals surface area contributed by atoms with Crippen LogP contribution in [0.3, 0.4) is 0 Å². The number of nitrogens with zero attached hydrogens (tertiary/aromatic N) is 2. The topological polar surface area (TPSA) is 42.4 Å². The van der Waals surface area contributed by atoms with Gasteiger partial charge in [0.25, 0.3) is 0 Å². The molecule has 0 N–H and O–H groups in total. The lowest BCUT2D eigenvalue weighted by Crippen LogP contribution is -2.36. The van der Waals surface area contributed by atoms with Crippen molar-refractivity contribution in [3.8, 4) is 5.88 Å². The lowest BCUT2D eigenvalue weighted by molar-refractivity contribution is 0.152. The highest BCUT2D eigenvalue weighted by atomic mass is 16.6. The van der Waals surface area contributed by atoms with Crippen molar-refractivity contribution in [3.05, 3.63) is 36.5 Å². The van der Waals surface area contributed by atoms with E-state index in [0.717, 1.165) is 0 Å². The van der Waals surface area contributed by atoms with Gasteiger partial charge in [-0.1, -0.05) is 18.2 Å². The van der Waals surface area contributed by atoms with Crippen molar-refractivity contribution in [1.29, 1.82) is 0 Å². The van der Waals surface area contributed by atoms with E-state index >= 15 is 0 Å². The Hall–Kier alpha value is -1.84. The number of aromatic nitrogens is 1. The number of hydrogen-bond acceptors (Lipinski definition) is 3. The quantitative estimate of drug-likeness (QED) is 0.655. The maximum absolute atomic E-state index is 11.6. The molecule has 15 heavy (non-hydrogen) atoms. The third kappa shape index (κ3) is 2.15. The summed E-state index contributed by atoms with van der Waals surface area (Å²) in [4.78, 5) is 17.2. The summed E-state index contributed by atoms with van der Waals surface area (Å²) in [7, 11) is 0. The van der Waals surface area contributed by atoms with Crippen molar-refractivity contribution in [2.45, 2.75) is 13.0 Å². The fourth-order valence-corrected chi connectivity index (χ4v) is 1.44. The van der Waals surface area contributed by atoms with E-state index in [1.807, 2.05) is 19.1 Å². The Bertz CT molecular complexity index is 375. The number of pyridine rings is 1. The first kappa shape index (κ1) is 9.71. The first-order valence-electron chi connectivity index (χ1n) is 4.83. The van der Waals surface area contributed by atoms with Gasteiger partial charge in [-0.05, 0) is 13.0 Å². The lowest BCUT2D eigenvalue weighted by Gasteiger charge is -2.19. The van der Waals surface area contributed by atoms with Gasteiger partial charge in [-0.25, -0.2) is 9.78 Å². The molecule has 78 valence electrons. The van der Waals surface area contributed by atoms with Crippen LogP contribution < -0.4 is 4.74 Å². The molecule has 1 aromatic heterocycles. The molecule has 0 aromatic carbocycles. The standard InChI is InChI=1S/C11H12N2O2/c1-9-5-4-8-13(9)11(14)15-10-6-2-3-7-12-10/h2-7,9H,8H2,1H3. The largest absolute Gasteiger partial charge is 0.417 e. The number of ether oxygens (including phenoxy) is 1. The first-order chi connectivity index (χ1) is 7.27. The van der Waals surface area contributed by atoms with E-state index < -0.39 is 0 Å². The molecular weight excluding hydrogens is 192 g/mol.